The molecule has 0 unspecified atom stereocenters. The third kappa shape index (κ3) is 2.44. The van der Waals surface area contributed by atoms with E-state index in [1.165, 1.54) is 11.3 Å². The molecule has 0 radical (unpaired) electrons. The Balaban J connectivity index is 0.00000144. The van der Waals surface area contributed by atoms with Crippen LogP contribution < -0.4 is 10.6 Å². The molecular formula is C12H19N3S. The Morgan fingerprint density at radius 2 is 1.75 bits per heavy atom. The van der Waals surface area contributed by atoms with Crippen molar-refractivity contribution in [3.05, 3.63) is 29.8 Å². The van der Waals surface area contributed by atoms with Crippen molar-refractivity contribution >= 4 is 23.0 Å². The van der Waals surface area contributed by atoms with E-state index in [0.717, 1.165) is 26.2 Å². The minimum atomic E-state index is 0. The summed E-state index contributed by atoms with van der Waals surface area (Å²) in [6.07, 6.45) is 0. The fourth-order valence-electron chi connectivity index (χ4n) is 1.94. The second-order valence-electron chi connectivity index (χ2n) is 4.15. The van der Waals surface area contributed by atoms with Crippen molar-refractivity contribution in [2.45, 2.75) is 6.92 Å². The molecule has 88 valence electrons. The van der Waals surface area contributed by atoms with Crippen LogP contribution in [-0.4, -0.2) is 36.2 Å². The second kappa shape index (κ2) is 4.70. The van der Waals surface area contributed by atoms with Gasteiger partial charge in [-0.25, -0.2) is 0 Å². The van der Waals surface area contributed by atoms with Crippen LogP contribution in [0.4, 0.5) is 5.69 Å². The molecule has 3 nitrogen and oxygen atoms in total. The van der Waals surface area contributed by atoms with E-state index >= 15 is 0 Å². The smallest absolute Gasteiger partial charge is 0.166 e. The van der Waals surface area contributed by atoms with E-state index in [1.54, 1.807) is 0 Å². The fraction of sp³-hybridized carbons (Fsp3) is 0.417. The van der Waals surface area contributed by atoms with Gasteiger partial charge >= 0.3 is 0 Å². The van der Waals surface area contributed by atoms with Gasteiger partial charge in [-0.15, -0.1) is 0 Å². The Hall–Kier alpha value is -1.29. The molecule has 2 N–H and O–H groups in total. The molecule has 0 aliphatic carbocycles. The van der Waals surface area contributed by atoms with E-state index in [-0.39, 0.29) is 1.43 Å². The standard InChI is InChI=1S/C12H17N3S.H2/c1-10-2-4-11(5-3-10)14-6-8-15(9-7-14)12(13)16;/h2-5H,6-9H2,1H3,(H2,13,16);1H. The maximum absolute atomic E-state index is 5.61. The number of hydrogen-bond donors (Lipinski definition) is 1. The lowest BCUT2D eigenvalue weighted by Crippen LogP contribution is -2.50. The Bertz CT molecular complexity index is 372. The quantitative estimate of drug-likeness (QED) is 0.752. The molecule has 0 saturated carbocycles. The van der Waals surface area contributed by atoms with Crippen molar-refractivity contribution < 1.29 is 1.43 Å². The minimum absolute atomic E-state index is 0. The molecule has 0 aromatic heterocycles. The number of rotatable bonds is 1. The van der Waals surface area contributed by atoms with Crippen LogP contribution in [0.1, 0.15) is 6.99 Å². The Morgan fingerprint density at radius 3 is 2.25 bits per heavy atom. The molecule has 1 aromatic carbocycles. The summed E-state index contributed by atoms with van der Waals surface area (Å²) in [5.41, 5.74) is 8.19. The van der Waals surface area contributed by atoms with Crippen molar-refractivity contribution in [1.29, 1.82) is 0 Å². The first kappa shape index (κ1) is 11.2. The first-order valence-corrected chi connectivity index (χ1v) is 5.93. The average molecular weight is 237 g/mol. The summed E-state index contributed by atoms with van der Waals surface area (Å²) in [7, 11) is 0. The van der Waals surface area contributed by atoms with Crippen LogP contribution >= 0.6 is 12.2 Å². The Kier molecular flexibility index (Phi) is 3.29. The highest BCUT2D eigenvalue weighted by Gasteiger charge is 2.17. The highest BCUT2D eigenvalue weighted by Crippen LogP contribution is 2.16. The zero-order valence-electron chi connectivity index (χ0n) is 9.52. The second-order valence-corrected chi connectivity index (χ2v) is 4.57. The van der Waals surface area contributed by atoms with Crippen LogP contribution in [-0.2, 0) is 0 Å². The largest absolute Gasteiger partial charge is 0.376 e. The van der Waals surface area contributed by atoms with Crippen LogP contribution in [0.3, 0.4) is 0 Å². The molecule has 0 amide bonds. The lowest BCUT2D eigenvalue weighted by Gasteiger charge is -2.36. The molecule has 16 heavy (non-hydrogen) atoms. The van der Waals surface area contributed by atoms with Gasteiger partial charge in [-0.2, -0.15) is 0 Å². The van der Waals surface area contributed by atoms with Gasteiger partial charge in [0.05, 0.1) is 0 Å². The van der Waals surface area contributed by atoms with E-state index in [1.807, 2.05) is 0 Å². The van der Waals surface area contributed by atoms with Crippen molar-refractivity contribution in [1.82, 2.24) is 4.90 Å². The number of aryl methyl sites for hydroxylation is 1. The number of thiocarbonyl (C=S) groups is 1. The number of anilines is 1. The maximum Gasteiger partial charge on any atom is 0.166 e. The topological polar surface area (TPSA) is 32.5 Å². The van der Waals surface area contributed by atoms with Crippen molar-refractivity contribution in [2.75, 3.05) is 31.1 Å². The summed E-state index contributed by atoms with van der Waals surface area (Å²) in [6.45, 7) is 5.92. The van der Waals surface area contributed by atoms with E-state index < -0.39 is 0 Å². The number of hydrogen-bond acceptors (Lipinski definition) is 2. The molecule has 1 heterocycles. The monoisotopic (exact) mass is 237 g/mol. The van der Waals surface area contributed by atoms with Gasteiger partial charge in [0, 0.05) is 33.3 Å². The highest BCUT2D eigenvalue weighted by molar-refractivity contribution is 7.80. The normalized spacial score (nSPS) is 16.3. The molecule has 1 aliphatic rings. The highest BCUT2D eigenvalue weighted by atomic mass is 32.1. The summed E-state index contributed by atoms with van der Waals surface area (Å²) in [6, 6.07) is 8.64. The van der Waals surface area contributed by atoms with Crippen LogP contribution in [0.2, 0.25) is 0 Å². The minimum Gasteiger partial charge on any atom is -0.376 e. The van der Waals surface area contributed by atoms with E-state index in [9.17, 15) is 0 Å². The zero-order valence-corrected chi connectivity index (χ0v) is 10.3. The number of benzene rings is 1. The molecule has 0 spiro atoms. The van der Waals surface area contributed by atoms with E-state index in [0.29, 0.717) is 5.11 Å². The van der Waals surface area contributed by atoms with Crippen LogP contribution in [0.5, 0.6) is 0 Å². The summed E-state index contributed by atoms with van der Waals surface area (Å²) in [5, 5.41) is 0.517. The van der Waals surface area contributed by atoms with Gasteiger partial charge < -0.3 is 15.5 Å². The maximum atomic E-state index is 5.61. The lowest BCUT2D eigenvalue weighted by molar-refractivity contribution is 0.388. The first-order chi connectivity index (χ1) is 7.66. The number of piperazine rings is 1. The Labute approximate surface area is 103 Å². The molecule has 4 heteroatoms. The summed E-state index contributed by atoms with van der Waals surface area (Å²) >= 11 is 4.97. The molecule has 0 atom stereocenters. The molecule has 1 aromatic rings. The predicted octanol–water partition coefficient (Wildman–Crippen LogP) is 1.61. The van der Waals surface area contributed by atoms with Crippen LogP contribution in [0, 0.1) is 6.92 Å². The SMILES string of the molecule is Cc1ccc(N2CCN(C(N)=S)CC2)cc1.[HH]. The third-order valence-electron chi connectivity index (χ3n) is 2.99. The Morgan fingerprint density at radius 1 is 1.19 bits per heavy atom. The molecule has 2 rings (SSSR count). The van der Waals surface area contributed by atoms with Crippen LogP contribution in [0.25, 0.3) is 0 Å². The molecule has 1 fully saturated rings. The van der Waals surface area contributed by atoms with Gasteiger partial charge in [0.25, 0.3) is 0 Å². The molecule has 1 saturated heterocycles. The third-order valence-corrected chi connectivity index (χ3v) is 3.25. The number of nitrogens with zero attached hydrogens (tertiary/aromatic N) is 2. The van der Waals surface area contributed by atoms with Gasteiger partial charge in [-0.05, 0) is 31.3 Å². The van der Waals surface area contributed by atoms with Gasteiger partial charge in [0.1, 0.15) is 0 Å². The summed E-state index contributed by atoms with van der Waals surface area (Å²) in [4.78, 5) is 4.42. The van der Waals surface area contributed by atoms with Gasteiger partial charge in [-0.1, -0.05) is 17.7 Å². The van der Waals surface area contributed by atoms with Gasteiger partial charge in [0.2, 0.25) is 0 Å². The summed E-state index contributed by atoms with van der Waals surface area (Å²) < 4.78 is 0. The van der Waals surface area contributed by atoms with E-state index in [2.05, 4.69) is 41.0 Å². The molecular weight excluding hydrogens is 218 g/mol. The summed E-state index contributed by atoms with van der Waals surface area (Å²) in [5.74, 6) is 0. The molecule has 1 aliphatic heterocycles. The average Bonchev–Trinajstić information content (AvgIpc) is 2.30. The van der Waals surface area contributed by atoms with Gasteiger partial charge in [-0.3, -0.25) is 0 Å². The molecule has 0 bridgehead atoms. The van der Waals surface area contributed by atoms with Crippen molar-refractivity contribution in [3.63, 3.8) is 0 Å². The van der Waals surface area contributed by atoms with E-state index in [4.69, 9.17) is 18.0 Å². The van der Waals surface area contributed by atoms with Gasteiger partial charge in [0.15, 0.2) is 5.11 Å². The predicted molar refractivity (Wildman–Crippen MR) is 73.9 cm³/mol. The zero-order chi connectivity index (χ0) is 11.5. The number of nitrogens with two attached hydrogens (primary N) is 1. The lowest BCUT2D eigenvalue weighted by atomic mass is 10.2. The van der Waals surface area contributed by atoms with Crippen LogP contribution in [0.15, 0.2) is 24.3 Å². The first-order valence-electron chi connectivity index (χ1n) is 5.53. The van der Waals surface area contributed by atoms with Crippen molar-refractivity contribution in [3.8, 4) is 0 Å². The van der Waals surface area contributed by atoms with Crippen molar-refractivity contribution in [2.24, 2.45) is 5.73 Å². The fourth-order valence-corrected chi connectivity index (χ4v) is 2.12.